The lowest BCUT2D eigenvalue weighted by Gasteiger charge is -2.43. The van der Waals surface area contributed by atoms with Gasteiger partial charge >= 0.3 is 0 Å². The Bertz CT molecular complexity index is 1310. The number of nitrogens with zero attached hydrogens (tertiary/aromatic N) is 4. The topological polar surface area (TPSA) is 72.3 Å². The van der Waals surface area contributed by atoms with E-state index in [-0.39, 0.29) is 24.3 Å². The van der Waals surface area contributed by atoms with Crippen molar-refractivity contribution < 1.29 is 13.9 Å². The Kier molecular flexibility index (Phi) is 6.01. The number of aromatic nitrogens is 3. The molecule has 0 radical (unpaired) electrons. The fraction of sp³-hybridized carbons (Fsp3) is 0.519. The van der Waals surface area contributed by atoms with E-state index in [2.05, 4.69) is 26.4 Å². The van der Waals surface area contributed by atoms with Gasteiger partial charge in [-0.15, -0.1) is 0 Å². The quantitative estimate of drug-likeness (QED) is 0.539. The number of halogens is 2. The van der Waals surface area contributed by atoms with Crippen LogP contribution < -0.4 is 5.32 Å². The highest BCUT2D eigenvalue weighted by molar-refractivity contribution is 6.32. The number of pyridine rings is 1. The first kappa shape index (κ1) is 23.8. The van der Waals surface area contributed by atoms with Gasteiger partial charge in [-0.3, -0.25) is 14.4 Å². The number of amides is 1. The average Bonchev–Trinajstić information content (AvgIpc) is 3.44. The number of carbonyl (C=O) groups excluding carboxylic acids is 1. The standard InChI is InChI=1S/C27H31ClFN5O2/c1-27(15-36-14-24(27)29)34-5-3-16(4-6-34)21-7-17-9-25(30-11-18(17)8-23(21)28)32-26(35)22-10-20(22)19-12-31-33(2)13-19/h7-9,11-13,16,20,22,24H,3-6,10,14-15H2,1-2H3,(H,30,32,35)/t20-,22+,24-,27+/m0/s1. The van der Waals surface area contributed by atoms with Crippen LogP contribution in [0.5, 0.6) is 0 Å². The zero-order valence-electron chi connectivity index (χ0n) is 20.6. The monoisotopic (exact) mass is 511 g/mol. The molecule has 4 atom stereocenters. The van der Waals surface area contributed by atoms with Crippen molar-refractivity contribution >= 4 is 34.1 Å². The Labute approximate surface area is 215 Å². The summed E-state index contributed by atoms with van der Waals surface area (Å²) < 4.78 is 21.7. The first-order valence-corrected chi connectivity index (χ1v) is 13.0. The second kappa shape index (κ2) is 9.08. The summed E-state index contributed by atoms with van der Waals surface area (Å²) in [4.78, 5) is 19.5. The molecule has 1 aromatic carbocycles. The largest absolute Gasteiger partial charge is 0.376 e. The molecule has 4 heterocycles. The molecule has 1 aliphatic carbocycles. The summed E-state index contributed by atoms with van der Waals surface area (Å²) in [6.45, 7) is 4.23. The van der Waals surface area contributed by atoms with Crippen LogP contribution in [-0.4, -0.2) is 63.6 Å². The molecule has 3 fully saturated rings. The number of likely N-dealkylation sites (tertiary alicyclic amines) is 1. The van der Waals surface area contributed by atoms with Crippen molar-refractivity contribution in [3.63, 3.8) is 0 Å². The summed E-state index contributed by atoms with van der Waals surface area (Å²) in [5, 5.41) is 9.88. The second-order valence-electron chi connectivity index (χ2n) is 10.8. The highest BCUT2D eigenvalue weighted by Crippen LogP contribution is 2.48. The third-order valence-corrected chi connectivity index (χ3v) is 8.69. The van der Waals surface area contributed by atoms with Crippen LogP contribution in [-0.2, 0) is 16.6 Å². The molecule has 2 aromatic heterocycles. The number of ether oxygens (including phenoxy) is 1. The lowest BCUT2D eigenvalue weighted by Crippen LogP contribution is -2.55. The van der Waals surface area contributed by atoms with E-state index >= 15 is 0 Å². The molecule has 36 heavy (non-hydrogen) atoms. The van der Waals surface area contributed by atoms with Gasteiger partial charge in [-0.1, -0.05) is 11.6 Å². The van der Waals surface area contributed by atoms with Crippen molar-refractivity contribution in [1.29, 1.82) is 0 Å². The summed E-state index contributed by atoms with van der Waals surface area (Å²) in [6, 6.07) is 6.01. The van der Waals surface area contributed by atoms with Crippen molar-refractivity contribution in [2.75, 3.05) is 31.6 Å². The number of rotatable bonds is 5. The Morgan fingerprint density at radius 1 is 1.22 bits per heavy atom. The third-order valence-electron chi connectivity index (χ3n) is 8.36. The molecule has 3 aliphatic rings. The number of hydrogen-bond acceptors (Lipinski definition) is 5. The molecule has 190 valence electrons. The number of piperidine rings is 1. The van der Waals surface area contributed by atoms with Crippen molar-refractivity contribution in [2.45, 2.75) is 49.7 Å². The maximum atomic E-state index is 14.5. The zero-order valence-corrected chi connectivity index (χ0v) is 21.3. The Balaban J connectivity index is 1.15. The number of benzene rings is 1. The first-order valence-electron chi connectivity index (χ1n) is 12.7. The van der Waals surface area contributed by atoms with Crippen LogP contribution in [0.25, 0.3) is 10.8 Å². The minimum atomic E-state index is -0.949. The van der Waals surface area contributed by atoms with Crippen molar-refractivity contribution in [1.82, 2.24) is 19.7 Å². The molecule has 1 saturated carbocycles. The summed E-state index contributed by atoms with van der Waals surface area (Å²) >= 11 is 6.70. The first-order chi connectivity index (χ1) is 17.3. The van der Waals surface area contributed by atoms with Gasteiger partial charge in [-0.25, -0.2) is 9.37 Å². The molecule has 2 aliphatic heterocycles. The predicted octanol–water partition coefficient (Wildman–Crippen LogP) is 4.67. The fourth-order valence-electron chi connectivity index (χ4n) is 5.90. The molecular weight excluding hydrogens is 481 g/mol. The number of carbonyl (C=O) groups is 1. The van der Waals surface area contributed by atoms with Crippen molar-refractivity contribution in [3.8, 4) is 0 Å². The SMILES string of the molecule is Cn1cc([C@@H]2C[C@H]2C(=O)Nc2cc3cc(C4CCN([C@]5(C)COC[C@@H]5F)CC4)c(Cl)cc3cn2)cn1. The number of nitrogens with one attached hydrogen (secondary N) is 1. The lowest BCUT2D eigenvalue weighted by atomic mass is 9.85. The molecule has 0 unspecified atom stereocenters. The summed E-state index contributed by atoms with van der Waals surface area (Å²) in [7, 11) is 1.88. The second-order valence-corrected chi connectivity index (χ2v) is 11.2. The van der Waals surface area contributed by atoms with Gasteiger partial charge in [0, 0.05) is 35.8 Å². The molecule has 1 amide bonds. The summed E-state index contributed by atoms with van der Waals surface area (Å²) in [5.74, 6) is 1.03. The third kappa shape index (κ3) is 4.29. The van der Waals surface area contributed by atoms with Crippen LogP contribution in [0, 0.1) is 5.92 Å². The summed E-state index contributed by atoms with van der Waals surface area (Å²) in [6.07, 6.45) is 7.28. The maximum Gasteiger partial charge on any atom is 0.229 e. The zero-order chi connectivity index (χ0) is 25.0. The van der Waals surface area contributed by atoms with Crippen LogP contribution in [0.2, 0.25) is 5.02 Å². The van der Waals surface area contributed by atoms with E-state index in [0.717, 1.165) is 59.3 Å². The predicted molar refractivity (Wildman–Crippen MR) is 137 cm³/mol. The minimum absolute atomic E-state index is 0.00665. The molecular formula is C27H31ClFN5O2. The minimum Gasteiger partial charge on any atom is -0.376 e. The molecule has 2 saturated heterocycles. The lowest BCUT2D eigenvalue weighted by molar-refractivity contribution is -0.117. The molecule has 0 bridgehead atoms. The van der Waals surface area contributed by atoms with Gasteiger partial charge in [0.05, 0.1) is 24.9 Å². The van der Waals surface area contributed by atoms with Crippen molar-refractivity contribution in [3.05, 3.63) is 52.9 Å². The van der Waals surface area contributed by atoms with Gasteiger partial charge in [0.1, 0.15) is 12.0 Å². The van der Waals surface area contributed by atoms with E-state index in [1.165, 1.54) is 0 Å². The van der Waals surface area contributed by atoms with Gasteiger partial charge < -0.3 is 10.1 Å². The van der Waals surface area contributed by atoms with Crippen LogP contribution >= 0.6 is 11.6 Å². The van der Waals surface area contributed by atoms with Crippen LogP contribution in [0.1, 0.15) is 49.1 Å². The van der Waals surface area contributed by atoms with E-state index < -0.39 is 11.7 Å². The fourth-order valence-corrected chi connectivity index (χ4v) is 6.22. The number of fused-ring (bicyclic) bond motifs is 1. The molecule has 1 N–H and O–H groups in total. The Morgan fingerprint density at radius 2 is 2.03 bits per heavy atom. The van der Waals surface area contributed by atoms with Gasteiger partial charge in [0.15, 0.2) is 0 Å². The van der Waals surface area contributed by atoms with E-state index in [1.807, 2.05) is 38.5 Å². The summed E-state index contributed by atoms with van der Waals surface area (Å²) in [5.41, 5.74) is 1.68. The van der Waals surface area contributed by atoms with E-state index in [0.29, 0.717) is 18.3 Å². The number of alkyl halides is 1. The van der Waals surface area contributed by atoms with Gasteiger partial charge in [-0.05, 0) is 85.8 Å². The molecule has 9 heteroatoms. The number of aryl methyl sites for hydroxylation is 1. The van der Waals surface area contributed by atoms with Gasteiger partial charge in [0.25, 0.3) is 0 Å². The van der Waals surface area contributed by atoms with Gasteiger partial charge in [0.2, 0.25) is 5.91 Å². The molecule has 6 rings (SSSR count). The van der Waals surface area contributed by atoms with Crippen LogP contribution in [0.3, 0.4) is 0 Å². The highest BCUT2D eigenvalue weighted by atomic mass is 35.5. The Hall–Kier alpha value is -2.55. The van der Waals surface area contributed by atoms with Crippen LogP contribution in [0.15, 0.2) is 36.8 Å². The van der Waals surface area contributed by atoms with E-state index in [9.17, 15) is 9.18 Å². The van der Waals surface area contributed by atoms with Crippen LogP contribution in [0.4, 0.5) is 10.2 Å². The van der Waals surface area contributed by atoms with Crippen molar-refractivity contribution in [2.24, 2.45) is 13.0 Å². The highest BCUT2D eigenvalue weighted by Gasteiger charge is 2.46. The smallest absolute Gasteiger partial charge is 0.229 e. The molecule has 3 aromatic rings. The number of anilines is 1. The van der Waals surface area contributed by atoms with E-state index in [1.54, 1.807) is 10.9 Å². The Morgan fingerprint density at radius 3 is 2.72 bits per heavy atom. The average molecular weight is 512 g/mol. The normalized spacial score (nSPS) is 29.1. The van der Waals surface area contributed by atoms with Gasteiger partial charge in [-0.2, -0.15) is 5.10 Å². The maximum absolute atomic E-state index is 14.5. The van der Waals surface area contributed by atoms with E-state index in [4.69, 9.17) is 16.3 Å². The number of hydrogen-bond donors (Lipinski definition) is 1. The molecule has 7 nitrogen and oxygen atoms in total. The molecule has 0 spiro atoms.